The first-order valence-corrected chi connectivity index (χ1v) is 8.86. The molecule has 0 radical (unpaired) electrons. The maximum atomic E-state index is 12.7. The van der Waals surface area contributed by atoms with E-state index in [2.05, 4.69) is 28.7 Å². The number of hydrogen-bond acceptors (Lipinski definition) is 3. The number of hydrogen-bond donors (Lipinski definition) is 1. The van der Waals surface area contributed by atoms with E-state index < -0.39 is 0 Å². The monoisotopic (exact) mass is 326 g/mol. The molecule has 4 heteroatoms. The zero-order chi connectivity index (χ0) is 17.3. The Hall–Kier alpha value is -2.10. The molecular weight excluding hydrogens is 300 g/mol. The van der Waals surface area contributed by atoms with Gasteiger partial charge in [0.15, 0.2) is 5.76 Å². The second kappa shape index (κ2) is 6.80. The first-order valence-electron chi connectivity index (χ1n) is 8.86. The molecule has 4 nitrogen and oxygen atoms in total. The van der Waals surface area contributed by atoms with Gasteiger partial charge in [-0.15, -0.1) is 0 Å². The Morgan fingerprint density at radius 1 is 1.17 bits per heavy atom. The van der Waals surface area contributed by atoms with Crippen LogP contribution >= 0.6 is 0 Å². The largest absolute Gasteiger partial charge is 0.360 e. The van der Waals surface area contributed by atoms with Gasteiger partial charge in [-0.3, -0.25) is 4.79 Å². The molecule has 0 bridgehead atoms. The van der Waals surface area contributed by atoms with E-state index in [1.807, 2.05) is 27.7 Å². The lowest BCUT2D eigenvalue weighted by molar-refractivity contribution is 0.0936. The highest BCUT2D eigenvalue weighted by molar-refractivity contribution is 5.96. The number of fused-ring (bicyclic) bond motifs is 1. The summed E-state index contributed by atoms with van der Waals surface area (Å²) in [4.78, 5) is 12.7. The van der Waals surface area contributed by atoms with Crippen molar-refractivity contribution in [3.05, 3.63) is 51.9 Å². The highest BCUT2D eigenvalue weighted by Crippen LogP contribution is 2.26. The van der Waals surface area contributed by atoms with Gasteiger partial charge in [0.25, 0.3) is 5.91 Å². The Bertz CT molecular complexity index is 746. The molecule has 1 unspecified atom stereocenters. The van der Waals surface area contributed by atoms with Crippen molar-refractivity contribution in [3.63, 3.8) is 0 Å². The van der Waals surface area contributed by atoms with Gasteiger partial charge in [0.2, 0.25) is 0 Å². The Balaban J connectivity index is 1.78. The van der Waals surface area contributed by atoms with E-state index in [0.29, 0.717) is 17.0 Å². The maximum absolute atomic E-state index is 12.7. The summed E-state index contributed by atoms with van der Waals surface area (Å²) in [5, 5.41) is 7.06. The van der Waals surface area contributed by atoms with E-state index in [-0.39, 0.29) is 17.9 Å². The molecule has 1 aliphatic carbocycles. The van der Waals surface area contributed by atoms with Gasteiger partial charge in [-0.1, -0.05) is 37.2 Å². The second-order valence-corrected chi connectivity index (χ2v) is 7.09. The second-order valence-electron chi connectivity index (χ2n) is 7.09. The normalized spacial score (nSPS) is 15.2. The molecule has 1 aromatic carbocycles. The standard InChI is InChI=1S/C20H26N2O2/c1-12(2)19-18(14(4)22-24-19)20(23)21-13(3)16-10-9-15-7-5-6-8-17(15)11-16/h9-13H,5-8H2,1-4H3,(H,21,23). The third-order valence-corrected chi connectivity index (χ3v) is 4.86. The van der Waals surface area contributed by atoms with Crippen LogP contribution in [0.4, 0.5) is 0 Å². The van der Waals surface area contributed by atoms with Gasteiger partial charge in [-0.2, -0.15) is 0 Å². The van der Waals surface area contributed by atoms with Crippen LogP contribution in [0.1, 0.15) is 84.1 Å². The molecule has 0 aliphatic heterocycles. The fraction of sp³-hybridized carbons (Fsp3) is 0.500. The van der Waals surface area contributed by atoms with Crippen molar-refractivity contribution in [2.75, 3.05) is 0 Å². The predicted octanol–water partition coefficient (Wildman–Crippen LogP) is 4.48. The maximum Gasteiger partial charge on any atom is 0.257 e. The smallest absolute Gasteiger partial charge is 0.257 e. The minimum absolute atomic E-state index is 0.0426. The molecule has 1 atom stereocenters. The molecule has 1 N–H and O–H groups in total. The van der Waals surface area contributed by atoms with Gasteiger partial charge >= 0.3 is 0 Å². The van der Waals surface area contributed by atoms with Gasteiger partial charge in [-0.25, -0.2) is 0 Å². The van der Waals surface area contributed by atoms with Gasteiger partial charge < -0.3 is 9.84 Å². The average Bonchev–Trinajstić information content (AvgIpc) is 2.96. The quantitative estimate of drug-likeness (QED) is 0.901. The Kier molecular flexibility index (Phi) is 4.74. The van der Waals surface area contributed by atoms with Crippen molar-refractivity contribution in [2.45, 2.75) is 65.3 Å². The van der Waals surface area contributed by atoms with Gasteiger partial charge in [0, 0.05) is 5.92 Å². The van der Waals surface area contributed by atoms with Crippen molar-refractivity contribution < 1.29 is 9.32 Å². The van der Waals surface area contributed by atoms with Crippen LogP contribution in [-0.4, -0.2) is 11.1 Å². The molecule has 0 saturated carbocycles. The number of aromatic nitrogens is 1. The summed E-state index contributed by atoms with van der Waals surface area (Å²) in [5.74, 6) is 0.677. The summed E-state index contributed by atoms with van der Waals surface area (Å²) in [6.45, 7) is 7.85. The SMILES string of the molecule is Cc1noc(C(C)C)c1C(=O)NC(C)c1ccc2c(c1)CCCC2. The van der Waals surface area contributed by atoms with E-state index in [1.54, 1.807) is 0 Å². The molecule has 0 saturated heterocycles. The molecule has 1 amide bonds. The molecule has 0 fully saturated rings. The lowest BCUT2D eigenvalue weighted by Gasteiger charge is -2.20. The summed E-state index contributed by atoms with van der Waals surface area (Å²) in [6.07, 6.45) is 4.86. The average molecular weight is 326 g/mol. The molecule has 128 valence electrons. The van der Waals surface area contributed by atoms with Crippen LogP contribution in [0.15, 0.2) is 22.7 Å². The topological polar surface area (TPSA) is 55.1 Å². The van der Waals surface area contributed by atoms with Crippen molar-refractivity contribution in [1.82, 2.24) is 10.5 Å². The number of aryl methyl sites for hydroxylation is 3. The van der Waals surface area contributed by atoms with Crippen LogP contribution < -0.4 is 5.32 Å². The van der Waals surface area contributed by atoms with Crippen LogP contribution in [0.3, 0.4) is 0 Å². The number of nitrogens with one attached hydrogen (secondary N) is 1. The molecule has 0 spiro atoms. The Morgan fingerprint density at radius 3 is 2.58 bits per heavy atom. The number of carbonyl (C=O) groups excluding carboxylic acids is 1. The summed E-state index contributed by atoms with van der Waals surface area (Å²) < 4.78 is 5.33. The molecule has 3 rings (SSSR count). The van der Waals surface area contributed by atoms with E-state index in [0.717, 1.165) is 12.0 Å². The summed E-state index contributed by atoms with van der Waals surface area (Å²) in [6, 6.07) is 6.57. The molecule has 2 aromatic rings. The first kappa shape index (κ1) is 16.7. The third kappa shape index (κ3) is 3.23. The van der Waals surface area contributed by atoms with E-state index in [1.165, 1.54) is 30.4 Å². The van der Waals surface area contributed by atoms with Crippen molar-refractivity contribution >= 4 is 5.91 Å². The number of amides is 1. The number of benzene rings is 1. The van der Waals surface area contributed by atoms with E-state index in [9.17, 15) is 4.79 Å². The van der Waals surface area contributed by atoms with Crippen LogP contribution in [0.5, 0.6) is 0 Å². The molecule has 1 heterocycles. The summed E-state index contributed by atoms with van der Waals surface area (Å²) in [7, 11) is 0. The fourth-order valence-electron chi connectivity index (χ4n) is 3.43. The third-order valence-electron chi connectivity index (χ3n) is 4.86. The lowest BCUT2D eigenvalue weighted by Crippen LogP contribution is -2.28. The highest BCUT2D eigenvalue weighted by Gasteiger charge is 2.24. The highest BCUT2D eigenvalue weighted by atomic mass is 16.5. The molecular formula is C20H26N2O2. The first-order chi connectivity index (χ1) is 11.5. The fourth-order valence-corrected chi connectivity index (χ4v) is 3.43. The summed E-state index contributed by atoms with van der Waals surface area (Å²) >= 11 is 0. The number of carbonyl (C=O) groups is 1. The van der Waals surface area contributed by atoms with Gasteiger partial charge in [0.1, 0.15) is 5.56 Å². The van der Waals surface area contributed by atoms with Crippen LogP contribution in [0.2, 0.25) is 0 Å². The van der Waals surface area contributed by atoms with Gasteiger partial charge in [0.05, 0.1) is 11.7 Å². The van der Waals surface area contributed by atoms with Crippen LogP contribution in [-0.2, 0) is 12.8 Å². The van der Waals surface area contributed by atoms with Crippen molar-refractivity contribution in [3.8, 4) is 0 Å². The minimum atomic E-state index is -0.109. The van der Waals surface area contributed by atoms with Crippen LogP contribution in [0, 0.1) is 6.92 Å². The van der Waals surface area contributed by atoms with E-state index in [4.69, 9.17) is 4.52 Å². The van der Waals surface area contributed by atoms with Gasteiger partial charge in [-0.05, 0) is 56.2 Å². The van der Waals surface area contributed by atoms with Crippen molar-refractivity contribution in [2.24, 2.45) is 0 Å². The Morgan fingerprint density at radius 2 is 1.88 bits per heavy atom. The zero-order valence-electron chi connectivity index (χ0n) is 15.0. The number of rotatable bonds is 4. The molecule has 1 aromatic heterocycles. The Labute approximate surface area is 143 Å². The lowest BCUT2D eigenvalue weighted by atomic mass is 9.89. The number of nitrogens with zero attached hydrogens (tertiary/aromatic N) is 1. The molecule has 24 heavy (non-hydrogen) atoms. The zero-order valence-corrected chi connectivity index (χ0v) is 15.0. The summed E-state index contributed by atoms with van der Waals surface area (Å²) in [5.41, 5.74) is 5.28. The van der Waals surface area contributed by atoms with Crippen molar-refractivity contribution in [1.29, 1.82) is 0 Å². The predicted molar refractivity (Wildman–Crippen MR) is 94.3 cm³/mol. The molecule has 1 aliphatic rings. The minimum Gasteiger partial charge on any atom is -0.360 e. The van der Waals surface area contributed by atoms with E-state index >= 15 is 0 Å². The van der Waals surface area contributed by atoms with Crippen LogP contribution in [0.25, 0.3) is 0 Å².